The number of rotatable bonds is 8. The SMILES string of the molecule is CC(C)N(C)S(=O)(=O)c1ccc(CNC(=O)c2cc([N+](=O)[O-])cc(S(C)(=O)=O)c2)cc1. The molecule has 10 nitrogen and oxygen atoms in total. The number of nitro benzene ring substituents is 1. The second-order valence-corrected chi connectivity index (χ2v) is 11.2. The van der Waals surface area contributed by atoms with E-state index in [1.807, 2.05) is 0 Å². The lowest BCUT2D eigenvalue weighted by Gasteiger charge is -2.21. The molecular formula is C19H23N3O7S2. The Morgan fingerprint density at radius 2 is 1.65 bits per heavy atom. The summed E-state index contributed by atoms with van der Waals surface area (Å²) in [7, 11) is -5.91. The Hall–Kier alpha value is -2.83. The Morgan fingerprint density at radius 3 is 2.13 bits per heavy atom. The summed E-state index contributed by atoms with van der Waals surface area (Å²) in [5.74, 6) is -0.704. The van der Waals surface area contributed by atoms with Gasteiger partial charge in [0.2, 0.25) is 10.0 Å². The number of carbonyl (C=O) groups excluding carboxylic acids is 1. The summed E-state index contributed by atoms with van der Waals surface area (Å²) < 4.78 is 49.7. The molecule has 0 spiro atoms. The fourth-order valence-corrected chi connectivity index (χ4v) is 4.58. The summed E-state index contributed by atoms with van der Waals surface area (Å²) in [5.41, 5.74) is -0.0995. The van der Waals surface area contributed by atoms with Crippen LogP contribution in [0.2, 0.25) is 0 Å². The molecule has 0 saturated heterocycles. The lowest BCUT2D eigenvalue weighted by molar-refractivity contribution is -0.385. The van der Waals surface area contributed by atoms with Crippen molar-refractivity contribution in [1.82, 2.24) is 9.62 Å². The van der Waals surface area contributed by atoms with Crippen molar-refractivity contribution < 1.29 is 26.6 Å². The summed E-state index contributed by atoms with van der Waals surface area (Å²) in [6.07, 6.45) is 0.889. The molecule has 0 aliphatic heterocycles. The van der Waals surface area contributed by atoms with Crippen LogP contribution >= 0.6 is 0 Å². The highest BCUT2D eigenvalue weighted by atomic mass is 32.2. The highest BCUT2D eigenvalue weighted by molar-refractivity contribution is 7.90. The van der Waals surface area contributed by atoms with Crippen molar-refractivity contribution >= 4 is 31.5 Å². The van der Waals surface area contributed by atoms with Gasteiger partial charge in [-0.1, -0.05) is 12.1 Å². The molecule has 0 saturated carbocycles. The molecule has 0 radical (unpaired) electrons. The van der Waals surface area contributed by atoms with E-state index in [1.54, 1.807) is 13.8 Å². The number of sulfone groups is 1. The number of sulfonamides is 1. The van der Waals surface area contributed by atoms with Gasteiger partial charge in [0.1, 0.15) is 0 Å². The van der Waals surface area contributed by atoms with Crippen LogP contribution < -0.4 is 5.32 Å². The molecule has 0 heterocycles. The van der Waals surface area contributed by atoms with Gasteiger partial charge in [-0.25, -0.2) is 16.8 Å². The average Bonchev–Trinajstić information content (AvgIpc) is 2.70. The van der Waals surface area contributed by atoms with Crippen molar-refractivity contribution in [3.8, 4) is 0 Å². The summed E-state index contributed by atoms with van der Waals surface area (Å²) in [6, 6.07) is 8.65. The van der Waals surface area contributed by atoms with E-state index in [0.29, 0.717) is 5.56 Å². The molecular weight excluding hydrogens is 446 g/mol. The maximum absolute atomic E-state index is 12.5. The fourth-order valence-electron chi connectivity index (χ4n) is 2.54. The van der Waals surface area contributed by atoms with Crippen molar-refractivity contribution in [2.45, 2.75) is 36.2 Å². The maximum atomic E-state index is 12.5. The number of nitro groups is 1. The molecule has 31 heavy (non-hydrogen) atoms. The predicted octanol–water partition coefficient (Wildman–Crippen LogP) is 1.96. The van der Waals surface area contributed by atoms with Crippen LogP contribution in [0.15, 0.2) is 52.3 Å². The van der Waals surface area contributed by atoms with Crippen molar-refractivity contribution in [3.05, 3.63) is 63.7 Å². The summed E-state index contributed by atoms with van der Waals surface area (Å²) >= 11 is 0. The van der Waals surface area contributed by atoms with Gasteiger partial charge in [-0.15, -0.1) is 0 Å². The Morgan fingerprint density at radius 1 is 1.06 bits per heavy atom. The first-order chi connectivity index (χ1) is 14.2. The van der Waals surface area contributed by atoms with Crippen LogP contribution in [0.1, 0.15) is 29.8 Å². The molecule has 168 valence electrons. The van der Waals surface area contributed by atoms with Gasteiger partial charge in [-0.3, -0.25) is 14.9 Å². The van der Waals surface area contributed by atoms with E-state index in [2.05, 4.69) is 5.32 Å². The topological polar surface area (TPSA) is 144 Å². The second-order valence-electron chi connectivity index (χ2n) is 7.19. The summed E-state index contributed by atoms with van der Waals surface area (Å²) in [5, 5.41) is 13.6. The zero-order valence-corrected chi connectivity index (χ0v) is 19.0. The Bertz CT molecular complexity index is 1210. The van der Waals surface area contributed by atoms with E-state index in [0.717, 1.165) is 24.5 Å². The van der Waals surface area contributed by atoms with Crippen LogP contribution in [0.5, 0.6) is 0 Å². The quantitative estimate of drug-likeness (QED) is 0.460. The number of hydrogen-bond donors (Lipinski definition) is 1. The van der Waals surface area contributed by atoms with E-state index in [9.17, 15) is 31.7 Å². The number of carbonyl (C=O) groups is 1. The van der Waals surface area contributed by atoms with Gasteiger partial charge in [-0.05, 0) is 37.6 Å². The zero-order valence-electron chi connectivity index (χ0n) is 17.4. The smallest absolute Gasteiger partial charge is 0.271 e. The van der Waals surface area contributed by atoms with Crippen LogP contribution in [-0.4, -0.2) is 51.3 Å². The number of nitrogens with one attached hydrogen (secondary N) is 1. The Balaban J connectivity index is 2.20. The molecule has 2 aromatic rings. The van der Waals surface area contributed by atoms with Crippen LogP contribution in [-0.2, 0) is 26.4 Å². The molecule has 0 aliphatic rings. The van der Waals surface area contributed by atoms with Crippen LogP contribution in [0.4, 0.5) is 5.69 Å². The highest BCUT2D eigenvalue weighted by Crippen LogP contribution is 2.21. The summed E-state index contributed by atoms with van der Waals surface area (Å²) in [4.78, 5) is 22.5. The fraction of sp³-hybridized carbons (Fsp3) is 0.316. The normalized spacial score (nSPS) is 12.2. The first-order valence-electron chi connectivity index (χ1n) is 9.08. The lowest BCUT2D eigenvalue weighted by atomic mass is 10.1. The molecule has 0 aromatic heterocycles. The molecule has 0 aliphatic carbocycles. The predicted molar refractivity (Wildman–Crippen MR) is 114 cm³/mol. The minimum Gasteiger partial charge on any atom is -0.348 e. The average molecular weight is 470 g/mol. The van der Waals surface area contributed by atoms with Gasteiger partial charge in [0.25, 0.3) is 11.6 Å². The third-order valence-electron chi connectivity index (χ3n) is 4.57. The Kier molecular flexibility index (Phi) is 7.19. The van der Waals surface area contributed by atoms with Crippen molar-refractivity contribution in [1.29, 1.82) is 0 Å². The number of benzene rings is 2. The Labute approximate surface area is 181 Å². The lowest BCUT2D eigenvalue weighted by Crippen LogP contribution is -2.33. The third kappa shape index (κ3) is 5.87. The number of amides is 1. The zero-order chi connectivity index (χ0) is 23.6. The minimum absolute atomic E-state index is 0.0100. The van der Waals surface area contributed by atoms with E-state index in [-0.39, 0.29) is 27.9 Å². The molecule has 0 bridgehead atoms. The van der Waals surface area contributed by atoms with Gasteiger partial charge < -0.3 is 5.32 Å². The van der Waals surface area contributed by atoms with Crippen LogP contribution in [0, 0.1) is 10.1 Å². The molecule has 1 N–H and O–H groups in total. The van der Waals surface area contributed by atoms with Gasteiger partial charge in [-0.2, -0.15) is 4.31 Å². The molecule has 0 atom stereocenters. The van der Waals surface area contributed by atoms with E-state index in [4.69, 9.17) is 0 Å². The molecule has 2 aromatic carbocycles. The van der Waals surface area contributed by atoms with Gasteiger partial charge in [0.15, 0.2) is 9.84 Å². The van der Waals surface area contributed by atoms with Gasteiger partial charge >= 0.3 is 0 Å². The van der Waals surface area contributed by atoms with E-state index < -0.39 is 36.4 Å². The highest BCUT2D eigenvalue weighted by Gasteiger charge is 2.23. The number of hydrogen-bond acceptors (Lipinski definition) is 7. The first-order valence-corrected chi connectivity index (χ1v) is 12.4. The van der Waals surface area contributed by atoms with E-state index >= 15 is 0 Å². The van der Waals surface area contributed by atoms with Crippen molar-refractivity contribution in [2.24, 2.45) is 0 Å². The van der Waals surface area contributed by atoms with Crippen molar-refractivity contribution in [3.63, 3.8) is 0 Å². The molecule has 2 rings (SSSR count). The monoisotopic (exact) mass is 469 g/mol. The van der Waals surface area contributed by atoms with Gasteiger partial charge in [0.05, 0.1) is 14.7 Å². The standard InChI is InChI=1S/C19H23N3O7S2/c1-13(2)21(3)31(28,29)17-7-5-14(6-8-17)12-20-19(23)15-9-16(22(24)25)11-18(10-15)30(4,26)27/h5-11,13H,12H2,1-4H3,(H,20,23). The molecule has 1 amide bonds. The number of non-ortho nitro benzene ring substituents is 1. The largest absolute Gasteiger partial charge is 0.348 e. The molecule has 12 heteroatoms. The van der Waals surface area contributed by atoms with Gasteiger partial charge in [0, 0.05) is 43.6 Å². The second kappa shape index (κ2) is 9.12. The van der Waals surface area contributed by atoms with Crippen LogP contribution in [0.25, 0.3) is 0 Å². The molecule has 0 fully saturated rings. The summed E-state index contributed by atoms with van der Waals surface area (Å²) in [6.45, 7) is 3.52. The number of nitrogens with zero attached hydrogens (tertiary/aromatic N) is 2. The van der Waals surface area contributed by atoms with E-state index in [1.165, 1.54) is 35.6 Å². The van der Waals surface area contributed by atoms with Crippen molar-refractivity contribution in [2.75, 3.05) is 13.3 Å². The first kappa shape index (κ1) is 24.4. The van der Waals surface area contributed by atoms with Crippen LogP contribution in [0.3, 0.4) is 0 Å². The molecule has 0 unspecified atom stereocenters. The maximum Gasteiger partial charge on any atom is 0.271 e. The third-order valence-corrected chi connectivity index (χ3v) is 7.71. The minimum atomic E-state index is -3.76.